The highest BCUT2D eigenvalue weighted by molar-refractivity contribution is 5.85. The Hall–Kier alpha value is -1.08. The molecule has 3 atom stereocenters. The van der Waals surface area contributed by atoms with Gasteiger partial charge in [0.25, 0.3) is 0 Å². The van der Waals surface area contributed by atoms with E-state index in [-0.39, 0.29) is 24.5 Å². The van der Waals surface area contributed by atoms with Gasteiger partial charge in [-0.15, -0.1) is 12.4 Å². The summed E-state index contributed by atoms with van der Waals surface area (Å²) in [6, 6.07) is 0.669. The first-order valence-corrected chi connectivity index (χ1v) is 5.81. The van der Waals surface area contributed by atoms with Gasteiger partial charge in [0, 0.05) is 31.1 Å². The molecule has 1 unspecified atom stereocenters. The average Bonchev–Trinajstić information content (AvgIpc) is 2.36. The first-order valence-electron chi connectivity index (χ1n) is 5.81. The highest BCUT2D eigenvalue weighted by Crippen LogP contribution is 2.39. The third-order valence-corrected chi connectivity index (χ3v) is 3.51. The van der Waals surface area contributed by atoms with E-state index in [0.29, 0.717) is 11.8 Å². The van der Waals surface area contributed by atoms with E-state index in [0.717, 1.165) is 31.8 Å². The zero-order valence-electron chi connectivity index (χ0n) is 9.85. The van der Waals surface area contributed by atoms with Crippen LogP contribution in [0.4, 0.5) is 13.2 Å². The maximum atomic E-state index is 12.5. The lowest BCUT2D eigenvalue weighted by Gasteiger charge is -2.48. The number of piperidine rings is 2. The lowest BCUT2D eigenvalue weighted by atomic mass is 9.69. The summed E-state index contributed by atoms with van der Waals surface area (Å²) in [6.45, 7) is 1.69. The summed E-state index contributed by atoms with van der Waals surface area (Å²) >= 11 is 0. The van der Waals surface area contributed by atoms with Gasteiger partial charge in [-0.3, -0.25) is 0 Å². The van der Waals surface area contributed by atoms with Crippen LogP contribution in [0.5, 0.6) is 6.01 Å². The summed E-state index contributed by atoms with van der Waals surface area (Å²) in [7, 11) is 0. The lowest BCUT2D eigenvalue weighted by molar-refractivity contribution is -0.142. The van der Waals surface area contributed by atoms with Gasteiger partial charge in [-0.25, -0.2) is 4.98 Å². The Morgan fingerprint density at radius 1 is 1.26 bits per heavy atom. The molecule has 2 aliphatic rings. The van der Waals surface area contributed by atoms with E-state index in [1.54, 1.807) is 0 Å². The van der Waals surface area contributed by atoms with Gasteiger partial charge < -0.3 is 10.1 Å². The van der Waals surface area contributed by atoms with Crippen molar-refractivity contribution in [3.05, 3.63) is 18.0 Å². The van der Waals surface area contributed by atoms with Crippen LogP contribution in [-0.2, 0) is 6.18 Å². The standard InChI is InChI=1S/C11H12F3N3O.ClH/c12-11(13,14)8-1-2-16-10(17-8)18-9-6-3-7(9)5-15-4-6;/h1-2,6-7,9,15H,3-5H2;1H/t6-,7+,9?;. The number of halogens is 4. The van der Waals surface area contributed by atoms with Crippen molar-refractivity contribution in [3.63, 3.8) is 0 Å². The minimum Gasteiger partial charge on any atom is -0.459 e. The molecule has 19 heavy (non-hydrogen) atoms. The molecule has 1 aliphatic carbocycles. The number of nitrogens with zero attached hydrogens (tertiary/aromatic N) is 2. The van der Waals surface area contributed by atoms with Crippen LogP contribution in [0.15, 0.2) is 12.3 Å². The van der Waals surface area contributed by atoms with Crippen molar-refractivity contribution >= 4 is 12.4 Å². The van der Waals surface area contributed by atoms with E-state index in [1.165, 1.54) is 0 Å². The van der Waals surface area contributed by atoms with E-state index in [9.17, 15) is 13.2 Å². The fourth-order valence-electron chi connectivity index (χ4n) is 2.57. The van der Waals surface area contributed by atoms with Crippen molar-refractivity contribution in [2.45, 2.75) is 18.7 Å². The smallest absolute Gasteiger partial charge is 0.433 e. The van der Waals surface area contributed by atoms with Gasteiger partial charge >= 0.3 is 12.2 Å². The van der Waals surface area contributed by atoms with Crippen molar-refractivity contribution in [1.29, 1.82) is 0 Å². The van der Waals surface area contributed by atoms with Gasteiger partial charge in [-0.1, -0.05) is 0 Å². The average molecular weight is 296 g/mol. The Labute approximate surface area is 114 Å². The normalized spacial score (nSPS) is 29.1. The molecule has 106 valence electrons. The topological polar surface area (TPSA) is 47.0 Å². The highest BCUT2D eigenvalue weighted by atomic mass is 35.5. The summed E-state index contributed by atoms with van der Waals surface area (Å²) in [5.41, 5.74) is -0.963. The van der Waals surface area contributed by atoms with Gasteiger partial charge in [0.15, 0.2) is 5.69 Å². The second kappa shape index (κ2) is 5.13. The Morgan fingerprint density at radius 3 is 2.53 bits per heavy atom. The monoisotopic (exact) mass is 295 g/mol. The van der Waals surface area contributed by atoms with Crippen LogP contribution >= 0.6 is 12.4 Å². The lowest BCUT2D eigenvalue weighted by Crippen LogP contribution is -2.59. The number of rotatable bonds is 2. The van der Waals surface area contributed by atoms with Crippen molar-refractivity contribution < 1.29 is 17.9 Å². The molecule has 2 heterocycles. The zero-order chi connectivity index (χ0) is 12.8. The minimum atomic E-state index is -4.46. The van der Waals surface area contributed by atoms with E-state index < -0.39 is 11.9 Å². The summed E-state index contributed by atoms with van der Waals surface area (Å²) in [6.07, 6.45) is -2.36. The van der Waals surface area contributed by atoms with Crippen molar-refractivity contribution in [2.75, 3.05) is 13.1 Å². The maximum Gasteiger partial charge on any atom is 0.433 e. The number of aromatic nitrogens is 2. The minimum absolute atomic E-state index is 0. The molecule has 0 aromatic carbocycles. The van der Waals surface area contributed by atoms with Gasteiger partial charge in [-0.2, -0.15) is 18.2 Å². The van der Waals surface area contributed by atoms with Crippen LogP contribution in [0.25, 0.3) is 0 Å². The fourth-order valence-corrected chi connectivity index (χ4v) is 2.57. The predicted molar refractivity (Wildman–Crippen MR) is 63.2 cm³/mol. The van der Waals surface area contributed by atoms with Gasteiger partial charge in [0.1, 0.15) is 6.10 Å². The molecular weight excluding hydrogens is 283 g/mol. The van der Waals surface area contributed by atoms with Gasteiger partial charge in [0.05, 0.1) is 0 Å². The number of ether oxygens (including phenoxy) is 1. The molecular formula is C11H13ClF3N3O. The molecule has 1 N–H and O–H groups in total. The Morgan fingerprint density at radius 2 is 1.95 bits per heavy atom. The molecule has 3 rings (SSSR count). The number of nitrogens with one attached hydrogen (secondary N) is 1. The highest BCUT2D eigenvalue weighted by Gasteiger charge is 2.46. The quantitative estimate of drug-likeness (QED) is 0.905. The van der Waals surface area contributed by atoms with Crippen LogP contribution < -0.4 is 10.1 Å². The Kier molecular flexibility index (Phi) is 3.87. The molecule has 0 radical (unpaired) electrons. The molecule has 1 aliphatic heterocycles. The molecule has 0 amide bonds. The number of fused-ring (bicyclic) bond motifs is 2. The van der Waals surface area contributed by atoms with E-state index in [4.69, 9.17) is 4.74 Å². The van der Waals surface area contributed by atoms with Crippen LogP contribution in [-0.4, -0.2) is 29.2 Å². The molecule has 0 spiro atoms. The molecule has 1 aromatic heterocycles. The Balaban J connectivity index is 0.00000133. The summed E-state index contributed by atoms with van der Waals surface area (Å²) in [5.74, 6) is 0.726. The summed E-state index contributed by atoms with van der Waals surface area (Å²) in [5, 5.41) is 3.23. The van der Waals surface area contributed by atoms with E-state index >= 15 is 0 Å². The molecule has 4 nitrogen and oxygen atoms in total. The summed E-state index contributed by atoms with van der Waals surface area (Å²) < 4.78 is 42.9. The SMILES string of the molecule is Cl.FC(F)(F)c1ccnc(OC2[C@@H]3CNC[C@H]2C3)n1. The second-order valence-corrected chi connectivity index (χ2v) is 4.72. The second-order valence-electron chi connectivity index (χ2n) is 4.72. The van der Waals surface area contributed by atoms with E-state index in [2.05, 4.69) is 15.3 Å². The van der Waals surface area contributed by atoms with Gasteiger partial charge in [0.2, 0.25) is 0 Å². The maximum absolute atomic E-state index is 12.5. The van der Waals surface area contributed by atoms with Crippen LogP contribution in [0.2, 0.25) is 0 Å². The first-order chi connectivity index (χ1) is 8.54. The molecule has 8 heteroatoms. The zero-order valence-corrected chi connectivity index (χ0v) is 10.7. The van der Waals surface area contributed by atoms with Crippen LogP contribution in [0.1, 0.15) is 12.1 Å². The van der Waals surface area contributed by atoms with Gasteiger partial charge in [-0.05, 0) is 12.5 Å². The van der Waals surface area contributed by atoms with Crippen molar-refractivity contribution in [2.24, 2.45) is 11.8 Å². The van der Waals surface area contributed by atoms with Crippen LogP contribution in [0, 0.1) is 11.8 Å². The summed E-state index contributed by atoms with van der Waals surface area (Å²) in [4.78, 5) is 7.16. The molecule has 1 aromatic rings. The third kappa shape index (κ3) is 2.76. The Bertz CT molecular complexity index is 443. The molecule has 2 fully saturated rings. The fraction of sp³-hybridized carbons (Fsp3) is 0.636. The largest absolute Gasteiger partial charge is 0.459 e. The van der Waals surface area contributed by atoms with Crippen molar-refractivity contribution in [3.8, 4) is 6.01 Å². The number of alkyl halides is 3. The third-order valence-electron chi connectivity index (χ3n) is 3.51. The molecule has 2 bridgehead atoms. The first kappa shape index (κ1) is 14.3. The van der Waals surface area contributed by atoms with Crippen molar-refractivity contribution in [1.82, 2.24) is 15.3 Å². The van der Waals surface area contributed by atoms with Crippen LogP contribution in [0.3, 0.4) is 0 Å². The predicted octanol–water partition coefficient (Wildman–Crippen LogP) is 1.90. The number of hydrogen-bond donors (Lipinski definition) is 1. The van der Waals surface area contributed by atoms with E-state index in [1.807, 2.05) is 0 Å². The number of hydrogen-bond acceptors (Lipinski definition) is 4. The molecule has 1 saturated carbocycles. The molecule has 1 saturated heterocycles.